The number of nitrogens with one attached hydrogen (secondary N) is 1. The van der Waals surface area contributed by atoms with E-state index in [1.807, 2.05) is 0 Å². The predicted octanol–water partition coefficient (Wildman–Crippen LogP) is 2.51. The fraction of sp³-hybridized carbons (Fsp3) is 0.364. The number of carbonyl (C=O) groups excluding carboxylic acids is 2. The highest BCUT2D eigenvalue weighted by Crippen LogP contribution is 2.21. The Morgan fingerprint density at radius 2 is 1.72 bits per heavy atom. The van der Waals surface area contributed by atoms with Gasteiger partial charge in [-0.3, -0.25) is 9.59 Å². The van der Waals surface area contributed by atoms with Crippen LogP contribution >= 0.6 is 11.6 Å². The average molecular weight is 481 g/mol. The smallest absolute Gasteiger partial charge is 0.304 e. The lowest BCUT2D eigenvalue weighted by molar-refractivity contribution is -0.139. The van der Waals surface area contributed by atoms with E-state index in [1.54, 1.807) is 68.4 Å². The van der Waals surface area contributed by atoms with Crippen LogP contribution < -0.4 is 9.62 Å². The topological polar surface area (TPSA) is 90.0 Å². The summed E-state index contributed by atoms with van der Waals surface area (Å²) in [5, 5.41) is 3.21. The fourth-order valence-electron chi connectivity index (χ4n) is 3.05. The molecule has 0 aliphatic heterocycles. The Balaban J connectivity index is 2.42. The molecule has 0 heterocycles. The van der Waals surface area contributed by atoms with Gasteiger partial charge in [-0.25, -0.2) is 4.31 Å². The molecule has 174 valence electrons. The molecule has 0 saturated carbocycles. The van der Waals surface area contributed by atoms with E-state index in [-0.39, 0.29) is 12.5 Å². The molecule has 2 rings (SSSR count). The number of rotatable bonds is 10. The lowest BCUT2D eigenvalue weighted by atomic mass is 10.1. The molecule has 2 amide bonds. The molecule has 0 saturated heterocycles. The van der Waals surface area contributed by atoms with Crippen molar-refractivity contribution < 1.29 is 18.0 Å². The number of hydrogen-bond acceptors (Lipinski definition) is 4. The van der Waals surface area contributed by atoms with E-state index in [0.29, 0.717) is 17.3 Å². The zero-order chi connectivity index (χ0) is 23.9. The minimum atomic E-state index is -3.96. The molecule has 0 aromatic heterocycles. The highest BCUT2D eigenvalue weighted by Gasteiger charge is 2.32. The summed E-state index contributed by atoms with van der Waals surface area (Å²) in [6.07, 6.45) is 0. The maximum Gasteiger partial charge on any atom is 0.304 e. The quantitative estimate of drug-likeness (QED) is 0.565. The lowest BCUT2D eigenvalue weighted by Gasteiger charge is -2.32. The number of para-hydroxylation sites is 1. The summed E-state index contributed by atoms with van der Waals surface area (Å²) in [4.78, 5) is 27.3. The Morgan fingerprint density at radius 3 is 2.28 bits per heavy atom. The van der Waals surface area contributed by atoms with Gasteiger partial charge in [0, 0.05) is 32.2 Å². The summed E-state index contributed by atoms with van der Waals surface area (Å²) >= 11 is 6.08. The molecule has 10 heteroatoms. The minimum absolute atomic E-state index is 0.0995. The number of amides is 2. The lowest BCUT2D eigenvalue weighted by Crippen LogP contribution is -2.52. The Labute approximate surface area is 194 Å². The van der Waals surface area contributed by atoms with Gasteiger partial charge < -0.3 is 10.2 Å². The maximum atomic E-state index is 13.4. The Bertz CT molecular complexity index is 1030. The summed E-state index contributed by atoms with van der Waals surface area (Å²) in [5.41, 5.74) is 1.08. The van der Waals surface area contributed by atoms with Crippen LogP contribution in [0.5, 0.6) is 0 Å². The molecule has 1 N–H and O–H groups in total. The van der Waals surface area contributed by atoms with Crippen LogP contribution in [0.15, 0.2) is 54.6 Å². The largest absolute Gasteiger partial charge is 0.355 e. The van der Waals surface area contributed by atoms with E-state index in [2.05, 4.69) is 5.32 Å². The first-order valence-electron chi connectivity index (χ1n) is 10.1. The van der Waals surface area contributed by atoms with Crippen molar-refractivity contribution in [2.45, 2.75) is 26.4 Å². The molecule has 1 atom stereocenters. The molecular weight excluding hydrogens is 452 g/mol. The van der Waals surface area contributed by atoms with Gasteiger partial charge in [0.15, 0.2) is 0 Å². The van der Waals surface area contributed by atoms with Crippen molar-refractivity contribution in [2.24, 2.45) is 0 Å². The Morgan fingerprint density at radius 1 is 1.06 bits per heavy atom. The zero-order valence-electron chi connectivity index (χ0n) is 18.7. The van der Waals surface area contributed by atoms with E-state index < -0.39 is 28.7 Å². The van der Waals surface area contributed by atoms with Gasteiger partial charge in [-0.15, -0.1) is 0 Å². The van der Waals surface area contributed by atoms with Crippen molar-refractivity contribution in [3.8, 4) is 0 Å². The van der Waals surface area contributed by atoms with Gasteiger partial charge in [-0.1, -0.05) is 41.9 Å². The highest BCUT2D eigenvalue weighted by molar-refractivity contribution is 7.90. The van der Waals surface area contributed by atoms with Crippen molar-refractivity contribution in [1.29, 1.82) is 0 Å². The van der Waals surface area contributed by atoms with Crippen molar-refractivity contribution >= 4 is 39.3 Å². The van der Waals surface area contributed by atoms with Gasteiger partial charge in [0.05, 0.1) is 5.69 Å². The summed E-state index contributed by atoms with van der Waals surface area (Å²) in [6.45, 7) is 3.44. The minimum Gasteiger partial charge on any atom is -0.355 e. The summed E-state index contributed by atoms with van der Waals surface area (Å²) < 4.78 is 28.0. The average Bonchev–Trinajstić information content (AvgIpc) is 2.75. The third kappa shape index (κ3) is 6.44. The van der Waals surface area contributed by atoms with Crippen LogP contribution in [0, 0.1) is 0 Å². The van der Waals surface area contributed by atoms with Gasteiger partial charge in [0.25, 0.3) is 0 Å². The molecule has 8 nitrogen and oxygen atoms in total. The van der Waals surface area contributed by atoms with Crippen molar-refractivity contribution in [3.05, 3.63) is 65.2 Å². The van der Waals surface area contributed by atoms with Gasteiger partial charge in [-0.2, -0.15) is 12.7 Å². The number of anilines is 1. The van der Waals surface area contributed by atoms with E-state index >= 15 is 0 Å². The number of nitrogens with zero attached hydrogens (tertiary/aromatic N) is 3. The van der Waals surface area contributed by atoms with Crippen LogP contribution in [0.25, 0.3) is 0 Å². The maximum absolute atomic E-state index is 13.4. The van der Waals surface area contributed by atoms with E-state index in [1.165, 1.54) is 19.0 Å². The van der Waals surface area contributed by atoms with Gasteiger partial charge in [0.1, 0.15) is 12.6 Å². The van der Waals surface area contributed by atoms with Gasteiger partial charge >= 0.3 is 10.2 Å². The van der Waals surface area contributed by atoms with E-state index in [9.17, 15) is 18.0 Å². The molecule has 0 unspecified atom stereocenters. The van der Waals surface area contributed by atoms with Crippen LogP contribution in [0.1, 0.15) is 19.4 Å². The first-order chi connectivity index (χ1) is 15.1. The van der Waals surface area contributed by atoms with Crippen molar-refractivity contribution in [3.63, 3.8) is 0 Å². The normalized spacial score (nSPS) is 12.3. The molecule has 32 heavy (non-hydrogen) atoms. The number of hydrogen-bond donors (Lipinski definition) is 1. The third-order valence-electron chi connectivity index (χ3n) is 4.82. The highest BCUT2D eigenvalue weighted by atomic mass is 35.5. The second kappa shape index (κ2) is 11.3. The number of likely N-dealkylation sites (N-methyl/N-ethyl adjacent to an activating group) is 1. The van der Waals surface area contributed by atoms with Crippen LogP contribution in [0.2, 0.25) is 5.02 Å². The number of benzene rings is 2. The van der Waals surface area contributed by atoms with E-state index in [0.717, 1.165) is 14.2 Å². The standard InChI is InChI=1S/C22H29ClN4O4S/c1-5-24-22(29)17(2)26(15-18-10-9-11-19(23)14-18)21(28)16-27(32(30,31)25(3)4)20-12-7-6-8-13-20/h6-14,17H,5,15-16H2,1-4H3,(H,24,29)/t17-/m1/s1. The molecule has 0 aliphatic rings. The fourth-order valence-corrected chi connectivity index (χ4v) is 4.32. The number of halogens is 1. The second-order valence-corrected chi connectivity index (χ2v) is 9.86. The van der Waals surface area contributed by atoms with Gasteiger partial charge in [-0.05, 0) is 43.7 Å². The summed E-state index contributed by atoms with van der Waals surface area (Å²) in [6, 6.07) is 14.5. The number of carbonyl (C=O) groups is 2. The first-order valence-corrected chi connectivity index (χ1v) is 11.9. The predicted molar refractivity (Wildman–Crippen MR) is 127 cm³/mol. The first kappa shape index (κ1) is 25.6. The molecule has 0 aliphatic carbocycles. The second-order valence-electron chi connectivity index (χ2n) is 7.35. The monoisotopic (exact) mass is 480 g/mol. The summed E-state index contributed by atoms with van der Waals surface area (Å²) in [5.74, 6) is -0.845. The van der Waals surface area contributed by atoms with Crippen molar-refractivity contribution in [2.75, 3.05) is 31.5 Å². The third-order valence-corrected chi connectivity index (χ3v) is 6.88. The molecular formula is C22H29ClN4O4S. The van der Waals surface area contributed by atoms with Crippen LogP contribution in [0.3, 0.4) is 0 Å². The van der Waals surface area contributed by atoms with Crippen LogP contribution in [-0.4, -0.2) is 62.7 Å². The van der Waals surface area contributed by atoms with Gasteiger partial charge in [0.2, 0.25) is 11.8 Å². The molecule has 0 radical (unpaired) electrons. The molecule has 2 aromatic carbocycles. The van der Waals surface area contributed by atoms with Crippen molar-refractivity contribution in [1.82, 2.24) is 14.5 Å². The molecule has 2 aromatic rings. The summed E-state index contributed by atoms with van der Waals surface area (Å²) in [7, 11) is -1.16. The molecule has 0 fully saturated rings. The van der Waals surface area contributed by atoms with Crippen LogP contribution in [-0.2, 0) is 26.3 Å². The van der Waals surface area contributed by atoms with Crippen LogP contribution in [0.4, 0.5) is 5.69 Å². The Kier molecular flexibility index (Phi) is 9.06. The Hall–Kier alpha value is -2.62. The van der Waals surface area contributed by atoms with E-state index in [4.69, 9.17) is 11.6 Å². The molecule has 0 bridgehead atoms. The zero-order valence-corrected chi connectivity index (χ0v) is 20.2. The molecule has 0 spiro atoms. The SMILES string of the molecule is CCNC(=O)[C@@H](C)N(Cc1cccc(Cl)c1)C(=O)CN(c1ccccc1)S(=O)(=O)N(C)C.